The molecule has 0 aliphatic carbocycles. The predicted octanol–water partition coefficient (Wildman–Crippen LogP) is 1.41. The monoisotopic (exact) mass is 235 g/mol. The summed E-state index contributed by atoms with van der Waals surface area (Å²) in [5, 5.41) is 10.5. The molecule has 1 aromatic heterocycles. The molecular weight excluding hydrogens is 231 g/mol. The van der Waals surface area contributed by atoms with Crippen LogP contribution in [0.3, 0.4) is 0 Å². The number of nitrogens with two attached hydrogens (primary N) is 1. The van der Waals surface area contributed by atoms with Crippen molar-refractivity contribution in [2.75, 3.05) is 5.73 Å². The van der Waals surface area contributed by atoms with Gasteiger partial charge in [-0.1, -0.05) is 0 Å². The lowest BCUT2D eigenvalue weighted by Gasteiger charge is -1.92. The average Bonchev–Trinajstić information content (AvgIpc) is 1.80. The Morgan fingerprint density at radius 1 is 1.67 bits per heavy atom. The van der Waals surface area contributed by atoms with Crippen LogP contribution in [0.25, 0.3) is 0 Å². The number of rotatable bonds is 0. The summed E-state index contributed by atoms with van der Waals surface area (Å²) in [4.78, 5) is 3.49. The second kappa shape index (κ2) is 2.38. The van der Waals surface area contributed by atoms with Crippen molar-refractivity contribution in [2.24, 2.45) is 0 Å². The Hall–Kier alpha value is -0.520. The molecule has 47 valence electrons. The van der Waals surface area contributed by atoms with Crippen molar-refractivity contribution in [3.8, 4) is 5.88 Å². The van der Waals surface area contributed by atoms with Crippen LogP contribution in [0, 0.1) is 3.57 Å². The van der Waals surface area contributed by atoms with Gasteiger partial charge in [-0.2, -0.15) is 0 Å². The molecule has 1 rings (SSSR count). The number of pyridine rings is 1. The summed E-state index contributed by atoms with van der Waals surface area (Å²) in [6, 6.07) is 1.59. The van der Waals surface area contributed by atoms with Gasteiger partial charge in [0.2, 0.25) is 0 Å². The van der Waals surface area contributed by atoms with Crippen molar-refractivity contribution in [2.45, 2.75) is 0 Å². The maximum absolute atomic E-state index is 10.5. The molecule has 4 heteroatoms. The molecule has 0 aliphatic heterocycles. The van der Waals surface area contributed by atoms with Gasteiger partial charge in [0, 0.05) is 9.77 Å². The summed E-state index contributed by atoms with van der Waals surface area (Å²) in [6.45, 7) is 0. The molecule has 0 aromatic carbocycles. The van der Waals surface area contributed by atoms with E-state index in [-0.39, 0.29) is 11.6 Å². The number of hydrogen-bond acceptors (Lipinski definition) is 2. The smallest absolute Gasteiger partial charge is 0.292 e. The largest absolute Gasteiger partial charge is 0.394 e. The Morgan fingerprint density at radius 2 is 2.33 bits per heavy atom. The molecule has 1 heterocycles. The third-order valence-corrected chi connectivity index (χ3v) is 1.44. The highest BCUT2D eigenvalue weighted by molar-refractivity contribution is 14.1. The quantitative estimate of drug-likeness (QED) is 0.691. The van der Waals surface area contributed by atoms with Crippen LogP contribution in [-0.4, -0.2) is 4.98 Å². The average molecular weight is 235 g/mol. The van der Waals surface area contributed by atoms with Crippen LogP contribution in [0.2, 0.25) is 0 Å². The lowest BCUT2D eigenvalue weighted by atomic mass is 10.4. The zero-order valence-electron chi connectivity index (χ0n) is 4.47. The van der Waals surface area contributed by atoms with Crippen molar-refractivity contribution in [3.63, 3.8) is 0 Å². The summed E-state index contributed by atoms with van der Waals surface area (Å²) in [6.07, 6.45) is 1.49. The normalized spacial score (nSPS) is 9.44. The molecule has 0 saturated carbocycles. The Morgan fingerprint density at radius 3 is 2.78 bits per heavy atom. The standard InChI is InChI=1S/C5H4IN2O/c6-3-1-4(7)5(9)8-2-3/h1-2H,7H2. The maximum atomic E-state index is 10.5. The Balaban J connectivity index is 3.17. The van der Waals surface area contributed by atoms with Gasteiger partial charge in [-0.25, -0.2) is 4.98 Å². The topological polar surface area (TPSA) is 58.8 Å². The zero-order chi connectivity index (χ0) is 6.85. The molecule has 1 radical (unpaired) electrons. The minimum Gasteiger partial charge on any atom is -0.394 e. The van der Waals surface area contributed by atoms with Gasteiger partial charge in [0.05, 0.1) is 0 Å². The van der Waals surface area contributed by atoms with Crippen molar-refractivity contribution < 1.29 is 5.11 Å². The van der Waals surface area contributed by atoms with E-state index in [1.165, 1.54) is 6.20 Å². The maximum Gasteiger partial charge on any atom is 0.292 e. The number of hydrogen-bond donors (Lipinski definition) is 1. The van der Waals surface area contributed by atoms with Crippen LogP contribution in [0.5, 0.6) is 5.88 Å². The van der Waals surface area contributed by atoms with Gasteiger partial charge in [-0.05, 0) is 28.7 Å². The second-order valence-electron chi connectivity index (χ2n) is 1.55. The van der Waals surface area contributed by atoms with Gasteiger partial charge in [-0.3, -0.25) is 5.11 Å². The molecule has 0 spiro atoms. The van der Waals surface area contributed by atoms with E-state index >= 15 is 0 Å². The fourth-order valence-corrected chi connectivity index (χ4v) is 0.917. The molecule has 0 bridgehead atoms. The molecule has 0 atom stereocenters. The van der Waals surface area contributed by atoms with Crippen LogP contribution < -0.4 is 5.73 Å². The Kier molecular flexibility index (Phi) is 1.75. The molecular formula is C5H4IN2O. The van der Waals surface area contributed by atoms with Crippen LogP contribution >= 0.6 is 22.6 Å². The molecule has 0 saturated heterocycles. The first-order chi connectivity index (χ1) is 4.20. The van der Waals surface area contributed by atoms with E-state index in [1.54, 1.807) is 6.07 Å². The van der Waals surface area contributed by atoms with Crippen molar-refractivity contribution >= 4 is 28.3 Å². The van der Waals surface area contributed by atoms with Crippen molar-refractivity contribution in [1.82, 2.24) is 4.98 Å². The number of anilines is 1. The minimum absolute atomic E-state index is 0.210. The zero-order valence-corrected chi connectivity index (χ0v) is 6.62. The second-order valence-corrected chi connectivity index (χ2v) is 2.79. The van der Waals surface area contributed by atoms with Gasteiger partial charge >= 0.3 is 0 Å². The first kappa shape index (κ1) is 6.60. The molecule has 2 N–H and O–H groups in total. The van der Waals surface area contributed by atoms with Gasteiger partial charge in [0.25, 0.3) is 5.88 Å². The lowest BCUT2D eigenvalue weighted by molar-refractivity contribution is 0.340. The van der Waals surface area contributed by atoms with E-state index in [9.17, 15) is 5.11 Å². The fourth-order valence-electron chi connectivity index (χ4n) is 0.442. The highest BCUT2D eigenvalue weighted by atomic mass is 127. The number of aromatic nitrogens is 1. The van der Waals surface area contributed by atoms with E-state index < -0.39 is 0 Å². The highest BCUT2D eigenvalue weighted by Crippen LogP contribution is 2.17. The molecule has 9 heavy (non-hydrogen) atoms. The third-order valence-electron chi connectivity index (χ3n) is 0.845. The summed E-state index contributed by atoms with van der Waals surface area (Å²) >= 11 is 2.04. The molecule has 0 aliphatic rings. The van der Waals surface area contributed by atoms with E-state index in [4.69, 9.17) is 5.73 Å². The summed E-state index contributed by atoms with van der Waals surface area (Å²) < 4.78 is 0.879. The Labute approximate surface area is 66.0 Å². The molecule has 3 nitrogen and oxygen atoms in total. The third kappa shape index (κ3) is 1.44. The van der Waals surface area contributed by atoms with Gasteiger partial charge < -0.3 is 5.73 Å². The molecule has 0 unspecified atom stereocenters. The predicted molar refractivity (Wildman–Crippen MR) is 41.5 cm³/mol. The minimum atomic E-state index is -0.351. The van der Waals surface area contributed by atoms with E-state index in [0.717, 1.165) is 3.57 Å². The SMILES string of the molecule is Nc1cc(I)cnc1[O]. The van der Waals surface area contributed by atoms with Gasteiger partial charge in [0.15, 0.2) is 0 Å². The Bertz CT molecular complexity index is 226. The van der Waals surface area contributed by atoms with Crippen LogP contribution in [0.1, 0.15) is 0 Å². The van der Waals surface area contributed by atoms with E-state index in [2.05, 4.69) is 4.98 Å². The number of halogens is 1. The number of nitrogen functional groups attached to an aromatic ring is 1. The van der Waals surface area contributed by atoms with E-state index in [1.807, 2.05) is 22.6 Å². The first-order valence-electron chi connectivity index (χ1n) is 2.28. The van der Waals surface area contributed by atoms with Crippen LogP contribution in [0.4, 0.5) is 5.69 Å². The highest BCUT2D eigenvalue weighted by Gasteiger charge is 1.98. The van der Waals surface area contributed by atoms with E-state index in [0.29, 0.717) is 0 Å². The molecule has 0 amide bonds. The van der Waals surface area contributed by atoms with Crippen LogP contribution in [0.15, 0.2) is 12.3 Å². The van der Waals surface area contributed by atoms with Crippen molar-refractivity contribution in [3.05, 3.63) is 15.8 Å². The molecule has 0 fully saturated rings. The van der Waals surface area contributed by atoms with Crippen molar-refractivity contribution in [1.29, 1.82) is 0 Å². The summed E-state index contributed by atoms with van der Waals surface area (Å²) in [5.74, 6) is -0.351. The molecule has 1 aromatic rings. The number of nitrogens with zero attached hydrogens (tertiary/aromatic N) is 1. The summed E-state index contributed by atoms with van der Waals surface area (Å²) in [5.41, 5.74) is 5.45. The fraction of sp³-hybridized carbons (Fsp3) is 0. The lowest BCUT2D eigenvalue weighted by Crippen LogP contribution is -1.87. The van der Waals surface area contributed by atoms with Crippen LogP contribution in [-0.2, 0) is 5.11 Å². The van der Waals surface area contributed by atoms with Gasteiger partial charge in [-0.15, -0.1) is 0 Å². The summed E-state index contributed by atoms with van der Waals surface area (Å²) in [7, 11) is 0. The van der Waals surface area contributed by atoms with Gasteiger partial charge in [0.1, 0.15) is 5.69 Å². The first-order valence-corrected chi connectivity index (χ1v) is 3.36.